The van der Waals surface area contributed by atoms with Gasteiger partial charge in [0.2, 0.25) is 0 Å². The van der Waals surface area contributed by atoms with Crippen molar-refractivity contribution in [2.45, 2.75) is 70.5 Å². The fraction of sp³-hybridized carbons (Fsp3) is 0.500. The second-order valence-corrected chi connectivity index (χ2v) is 7.45. The van der Waals surface area contributed by atoms with Crippen LogP contribution in [-0.2, 0) is 9.53 Å². The number of hydrogen-bond donors (Lipinski definition) is 2. The van der Waals surface area contributed by atoms with Gasteiger partial charge in [-0.3, -0.25) is 9.78 Å². The van der Waals surface area contributed by atoms with Crippen LogP contribution in [0.4, 0.5) is 0 Å². The number of methoxy groups -OCH3 is 1. The first kappa shape index (κ1) is 23.0. The summed E-state index contributed by atoms with van der Waals surface area (Å²) in [5, 5.41) is 21.5. The van der Waals surface area contributed by atoms with Gasteiger partial charge in [0.15, 0.2) is 0 Å². The molecule has 2 aromatic rings. The number of carbonyl (C=O) groups is 1. The Balaban J connectivity index is 2.05. The highest BCUT2D eigenvalue weighted by Crippen LogP contribution is 2.26. The van der Waals surface area contributed by atoms with Gasteiger partial charge in [0.25, 0.3) is 0 Å². The van der Waals surface area contributed by atoms with E-state index in [2.05, 4.69) is 16.6 Å². The Kier molecular flexibility index (Phi) is 9.81. The average Bonchev–Trinajstić information content (AvgIpc) is 2.73. The molecule has 5 heteroatoms. The van der Waals surface area contributed by atoms with Crippen molar-refractivity contribution in [2.75, 3.05) is 7.11 Å². The van der Waals surface area contributed by atoms with Crippen LogP contribution < -0.4 is 0 Å². The standard InChI is InChI=1S/C24H33NO4/c1-3-4-5-9-20(26)10-6-8-18-15-16-25-22-14-13-19(17-21(18)22)23(27)11-7-12-24(28)29-2/h6,8,13-17,20,23,26-27H,3-5,7,9-12H2,1-2H3/b8-6+. The van der Waals surface area contributed by atoms with E-state index in [-0.39, 0.29) is 12.1 Å². The van der Waals surface area contributed by atoms with Gasteiger partial charge in [-0.2, -0.15) is 0 Å². The van der Waals surface area contributed by atoms with Crippen LogP contribution in [-0.4, -0.2) is 34.4 Å². The zero-order valence-corrected chi connectivity index (χ0v) is 17.5. The lowest BCUT2D eigenvalue weighted by atomic mass is 9.99. The molecule has 1 aromatic heterocycles. The molecule has 2 N–H and O–H groups in total. The van der Waals surface area contributed by atoms with Gasteiger partial charge in [-0.15, -0.1) is 0 Å². The van der Waals surface area contributed by atoms with Crippen LogP contribution in [0.15, 0.2) is 36.5 Å². The van der Waals surface area contributed by atoms with Crippen molar-refractivity contribution in [3.63, 3.8) is 0 Å². The molecule has 0 aliphatic heterocycles. The first-order chi connectivity index (χ1) is 14.0. The number of nitrogens with zero attached hydrogens (tertiary/aromatic N) is 1. The minimum Gasteiger partial charge on any atom is -0.469 e. The van der Waals surface area contributed by atoms with E-state index in [4.69, 9.17) is 0 Å². The Morgan fingerprint density at radius 3 is 2.76 bits per heavy atom. The molecule has 1 heterocycles. The minimum atomic E-state index is -0.638. The molecule has 2 rings (SSSR count). The van der Waals surface area contributed by atoms with E-state index in [1.54, 1.807) is 6.20 Å². The summed E-state index contributed by atoms with van der Waals surface area (Å²) in [6, 6.07) is 7.69. The molecule has 5 nitrogen and oxygen atoms in total. The fourth-order valence-corrected chi connectivity index (χ4v) is 3.35. The third-order valence-electron chi connectivity index (χ3n) is 5.12. The minimum absolute atomic E-state index is 0.260. The van der Waals surface area contributed by atoms with Crippen molar-refractivity contribution in [3.8, 4) is 0 Å². The molecular weight excluding hydrogens is 366 g/mol. The Hall–Kier alpha value is -2.24. The topological polar surface area (TPSA) is 79.7 Å². The van der Waals surface area contributed by atoms with Crippen LogP contribution in [0, 0.1) is 0 Å². The molecule has 0 saturated heterocycles. The smallest absolute Gasteiger partial charge is 0.305 e. The molecule has 1 aromatic carbocycles. The normalized spacial score (nSPS) is 13.7. The summed E-state index contributed by atoms with van der Waals surface area (Å²) in [4.78, 5) is 15.6. The van der Waals surface area contributed by atoms with Gasteiger partial charge >= 0.3 is 5.97 Å². The maximum absolute atomic E-state index is 11.2. The summed E-state index contributed by atoms with van der Waals surface area (Å²) < 4.78 is 4.64. The molecule has 2 atom stereocenters. The number of esters is 1. The lowest BCUT2D eigenvalue weighted by Gasteiger charge is -2.12. The fourth-order valence-electron chi connectivity index (χ4n) is 3.35. The number of aliphatic hydroxyl groups excluding tert-OH is 2. The van der Waals surface area contributed by atoms with Crippen molar-refractivity contribution < 1.29 is 19.7 Å². The number of fused-ring (bicyclic) bond motifs is 1. The van der Waals surface area contributed by atoms with Gasteiger partial charge in [-0.25, -0.2) is 0 Å². The molecule has 0 fully saturated rings. The number of pyridine rings is 1. The maximum atomic E-state index is 11.2. The Labute approximate surface area is 173 Å². The molecule has 0 bridgehead atoms. The number of hydrogen-bond acceptors (Lipinski definition) is 5. The number of rotatable bonds is 12. The van der Waals surface area contributed by atoms with Gasteiger partial charge in [0.05, 0.1) is 24.8 Å². The molecule has 0 spiro atoms. The third kappa shape index (κ3) is 7.59. The number of ether oxygens (including phenoxy) is 1. The molecule has 0 aliphatic rings. The predicted octanol–water partition coefficient (Wildman–Crippen LogP) is 4.96. The Morgan fingerprint density at radius 1 is 1.17 bits per heavy atom. The van der Waals surface area contributed by atoms with Crippen LogP contribution >= 0.6 is 0 Å². The van der Waals surface area contributed by atoms with Crippen molar-refractivity contribution in [1.82, 2.24) is 4.98 Å². The van der Waals surface area contributed by atoms with E-state index >= 15 is 0 Å². The van der Waals surface area contributed by atoms with Crippen molar-refractivity contribution in [1.29, 1.82) is 0 Å². The van der Waals surface area contributed by atoms with E-state index in [0.29, 0.717) is 25.7 Å². The second kappa shape index (κ2) is 12.3. The summed E-state index contributed by atoms with van der Waals surface area (Å²) >= 11 is 0. The lowest BCUT2D eigenvalue weighted by Crippen LogP contribution is -2.04. The maximum Gasteiger partial charge on any atom is 0.305 e. The van der Waals surface area contributed by atoms with Crippen LogP contribution in [0.2, 0.25) is 0 Å². The molecule has 0 aliphatic carbocycles. The van der Waals surface area contributed by atoms with Crippen molar-refractivity contribution >= 4 is 22.9 Å². The van der Waals surface area contributed by atoms with E-state index in [9.17, 15) is 15.0 Å². The Morgan fingerprint density at radius 2 is 2.00 bits per heavy atom. The summed E-state index contributed by atoms with van der Waals surface area (Å²) in [5.74, 6) is -0.260. The quantitative estimate of drug-likeness (QED) is 0.390. The highest BCUT2D eigenvalue weighted by atomic mass is 16.5. The molecule has 0 radical (unpaired) electrons. The zero-order valence-electron chi connectivity index (χ0n) is 17.5. The third-order valence-corrected chi connectivity index (χ3v) is 5.12. The van der Waals surface area contributed by atoms with Gasteiger partial charge in [0, 0.05) is 18.0 Å². The second-order valence-electron chi connectivity index (χ2n) is 7.45. The molecule has 0 amide bonds. The lowest BCUT2D eigenvalue weighted by molar-refractivity contribution is -0.140. The SMILES string of the molecule is CCCCCC(O)C/C=C/c1ccnc2ccc(C(O)CCCC(=O)OC)cc12. The first-order valence-corrected chi connectivity index (χ1v) is 10.5. The van der Waals surface area contributed by atoms with Gasteiger partial charge in [-0.1, -0.05) is 44.4 Å². The van der Waals surface area contributed by atoms with Gasteiger partial charge in [-0.05, 0) is 55.0 Å². The Bertz CT molecular complexity index is 803. The molecule has 29 heavy (non-hydrogen) atoms. The van der Waals surface area contributed by atoms with Crippen LogP contribution in [0.25, 0.3) is 17.0 Å². The largest absolute Gasteiger partial charge is 0.469 e. The van der Waals surface area contributed by atoms with Crippen molar-refractivity contribution in [2.24, 2.45) is 0 Å². The summed E-state index contributed by atoms with van der Waals surface area (Å²) in [7, 11) is 1.37. The number of aromatic nitrogens is 1. The summed E-state index contributed by atoms with van der Waals surface area (Å²) in [5.41, 5.74) is 2.69. The van der Waals surface area contributed by atoms with Crippen LogP contribution in [0.3, 0.4) is 0 Å². The van der Waals surface area contributed by atoms with E-state index < -0.39 is 6.10 Å². The number of benzene rings is 1. The highest BCUT2D eigenvalue weighted by Gasteiger charge is 2.11. The van der Waals surface area contributed by atoms with Gasteiger partial charge < -0.3 is 14.9 Å². The average molecular weight is 400 g/mol. The summed E-state index contributed by atoms with van der Waals surface area (Å²) in [6.07, 6.45) is 11.0. The molecule has 158 valence electrons. The van der Waals surface area contributed by atoms with Crippen LogP contribution in [0.1, 0.15) is 75.5 Å². The first-order valence-electron chi connectivity index (χ1n) is 10.5. The number of aliphatic hydroxyl groups is 2. The molecular formula is C24H33NO4. The zero-order chi connectivity index (χ0) is 21.1. The van der Waals surface area contributed by atoms with Crippen LogP contribution in [0.5, 0.6) is 0 Å². The monoisotopic (exact) mass is 399 g/mol. The van der Waals surface area contributed by atoms with Crippen molar-refractivity contribution in [3.05, 3.63) is 47.7 Å². The highest BCUT2D eigenvalue weighted by molar-refractivity contribution is 5.88. The van der Waals surface area contributed by atoms with E-state index in [1.807, 2.05) is 36.4 Å². The van der Waals surface area contributed by atoms with E-state index in [1.165, 1.54) is 7.11 Å². The van der Waals surface area contributed by atoms with Gasteiger partial charge in [0.1, 0.15) is 0 Å². The predicted molar refractivity (Wildman–Crippen MR) is 116 cm³/mol. The number of unbranched alkanes of at least 4 members (excludes halogenated alkanes) is 2. The van der Waals surface area contributed by atoms with E-state index in [0.717, 1.165) is 47.7 Å². The summed E-state index contributed by atoms with van der Waals surface area (Å²) in [6.45, 7) is 2.16. The molecule has 0 saturated carbocycles. The number of carbonyl (C=O) groups excluding carboxylic acids is 1. The molecule has 2 unspecified atom stereocenters.